The lowest BCUT2D eigenvalue weighted by Crippen LogP contribution is -2.09. The molecule has 0 radical (unpaired) electrons. The van der Waals surface area contributed by atoms with E-state index >= 15 is 0 Å². The summed E-state index contributed by atoms with van der Waals surface area (Å²) in [4.78, 5) is 11.7. The smallest absolute Gasteiger partial charge is 0.311 e. The van der Waals surface area contributed by atoms with Gasteiger partial charge < -0.3 is 5.11 Å². The van der Waals surface area contributed by atoms with Crippen molar-refractivity contribution in [3.05, 3.63) is 20.8 Å². The molecular formula is C8H9BrO2S. The molecule has 0 aliphatic heterocycles. The average molecular weight is 249 g/mol. The predicted molar refractivity (Wildman–Crippen MR) is 52.7 cm³/mol. The van der Waals surface area contributed by atoms with Crippen molar-refractivity contribution in [1.29, 1.82) is 0 Å². The van der Waals surface area contributed by atoms with Crippen LogP contribution in [0.3, 0.4) is 0 Å². The Labute approximate surface area is 83.4 Å². The van der Waals surface area contributed by atoms with E-state index in [4.69, 9.17) is 5.11 Å². The fourth-order valence-corrected chi connectivity index (χ4v) is 2.85. The van der Waals surface area contributed by atoms with Crippen molar-refractivity contribution in [1.82, 2.24) is 0 Å². The third kappa shape index (κ3) is 1.87. The molecule has 4 heteroatoms. The number of thiophene rings is 1. The monoisotopic (exact) mass is 248 g/mol. The lowest BCUT2D eigenvalue weighted by Gasteiger charge is -2.06. The van der Waals surface area contributed by atoms with Gasteiger partial charge in [0.15, 0.2) is 0 Å². The summed E-state index contributed by atoms with van der Waals surface area (Å²) in [5, 5.41) is 10.7. The number of halogens is 1. The zero-order valence-electron chi connectivity index (χ0n) is 6.58. The van der Waals surface area contributed by atoms with E-state index in [1.165, 1.54) is 11.3 Å². The van der Waals surface area contributed by atoms with Gasteiger partial charge in [0.25, 0.3) is 0 Å². The molecule has 0 saturated carbocycles. The fourth-order valence-electron chi connectivity index (χ4n) is 1.03. The highest BCUT2D eigenvalue weighted by Gasteiger charge is 2.20. The first-order chi connectivity index (χ1) is 5.66. The van der Waals surface area contributed by atoms with E-state index in [0.29, 0.717) is 6.42 Å². The quantitative estimate of drug-likeness (QED) is 0.893. The number of hydrogen-bond donors (Lipinski definition) is 1. The van der Waals surface area contributed by atoms with Crippen molar-refractivity contribution in [3.63, 3.8) is 0 Å². The predicted octanol–water partition coefficient (Wildman–Crippen LogP) is 3.09. The van der Waals surface area contributed by atoms with Crippen LogP contribution in [0.2, 0.25) is 0 Å². The molecule has 1 heterocycles. The van der Waals surface area contributed by atoms with Gasteiger partial charge in [0.2, 0.25) is 0 Å². The van der Waals surface area contributed by atoms with E-state index in [1.54, 1.807) is 0 Å². The third-order valence-electron chi connectivity index (χ3n) is 1.67. The molecule has 1 aromatic rings. The van der Waals surface area contributed by atoms with Gasteiger partial charge in [0.1, 0.15) is 0 Å². The molecule has 1 atom stereocenters. The van der Waals surface area contributed by atoms with Gasteiger partial charge in [-0.25, -0.2) is 0 Å². The minimum atomic E-state index is -0.749. The highest BCUT2D eigenvalue weighted by Crippen LogP contribution is 2.32. The highest BCUT2D eigenvalue weighted by atomic mass is 79.9. The maximum absolute atomic E-state index is 10.8. The standard InChI is InChI=1S/C8H9BrO2S/c1-2-5(8(10)11)7-6(9)3-4-12-7/h3-5H,2H2,1H3,(H,10,11). The lowest BCUT2D eigenvalue weighted by atomic mass is 10.1. The van der Waals surface area contributed by atoms with Crippen LogP contribution in [0.5, 0.6) is 0 Å². The minimum Gasteiger partial charge on any atom is -0.481 e. The number of carboxylic acid groups (broad SMARTS) is 1. The Morgan fingerprint density at radius 1 is 1.83 bits per heavy atom. The molecule has 0 fully saturated rings. The molecule has 66 valence electrons. The summed E-state index contributed by atoms with van der Waals surface area (Å²) in [7, 11) is 0. The lowest BCUT2D eigenvalue weighted by molar-refractivity contribution is -0.138. The van der Waals surface area contributed by atoms with E-state index in [9.17, 15) is 4.79 Å². The second kappa shape index (κ2) is 4.05. The summed E-state index contributed by atoms with van der Waals surface area (Å²) in [6, 6.07) is 1.88. The molecule has 1 unspecified atom stereocenters. The first-order valence-electron chi connectivity index (χ1n) is 3.62. The first kappa shape index (κ1) is 9.74. The number of rotatable bonds is 3. The van der Waals surface area contributed by atoms with Crippen LogP contribution in [0, 0.1) is 0 Å². The molecule has 0 amide bonds. The third-order valence-corrected chi connectivity index (χ3v) is 3.65. The maximum Gasteiger partial charge on any atom is 0.311 e. The molecule has 0 aliphatic rings. The largest absolute Gasteiger partial charge is 0.481 e. The van der Waals surface area contributed by atoms with Gasteiger partial charge >= 0.3 is 5.97 Å². The van der Waals surface area contributed by atoms with E-state index in [-0.39, 0.29) is 5.92 Å². The van der Waals surface area contributed by atoms with E-state index in [2.05, 4.69) is 15.9 Å². The summed E-state index contributed by atoms with van der Waals surface area (Å²) in [5.41, 5.74) is 0. The summed E-state index contributed by atoms with van der Waals surface area (Å²) < 4.78 is 0.904. The number of hydrogen-bond acceptors (Lipinski definition) is 2. The zero-order chi connectivity index (χ0) is 9.14. The molecule has 0 bridgehead atoms. The molecule has 1 rings (SSSR count). The molecule has 0 spiro atoms. The number of aliphatic carboxylic acids is 1. The Bertz CT molecular complexity index is 282. The van der Waals surface area contributed by atoms with Crippen molar-refractivity contribution in [2.45, 2.75) is 19.3 Å². The van der Waals surface area contributed by atoms with Crippen molar-refractivity contribution in [2.75, 3.05) is 0 Å². The Hall–Kier alpha value is -0.350. The Morgan fingerprint density at radius 3 is 2.83 bits per heavy atom. The summed E-state index contributed by atoms with van der Waals surface area (Å²) >= 11 is 4.81. The second-order valence-corrected chi connectivity index (χ2v) is 4.23. The van der Waals surface area contributed by atoms with Gasteiger partial charge in [0, 0.05) is 9.35 Å². The molecule has 1 N–H and O–H groups in total. The van der Waals surface area contributed by atoms with Gasteiger partial charge in [0.05, 0.1) is 5.92 Å². The average Bonchev–Trinajstić information content (AvgIpc) is 2.38. The van der Waals surface area contributed by atoms with Crippen LogP contribution in [0.25, 0.3) is 0 Å². The number of carbonyl (C=O) groups is 1. The maximum atomic E-state index is 10.8. The Morgan fingerprint density at radius 2 is 2.50 bits per heavy atom. The van der Waals surface area contributed by atoms with E-state index in [0.717, 1.165) is 9.35 Å². The van der Waals surface area contributed by atoms with Crippen molar-refractivity contribution < 1.29 is 9.90 Å². The Balaban J connectivity index is 2.94. The van der Waals surface area contributed by atoms with Crippen LogP contribution in [0.1, 0.15) is 24.1 Å². The van der Waals surface area contributed by atoms with Gasteiger partial charge in [-0.05, 0) is 33.8 Å². The summed E-state index contributed by atoms with van der Waals surface area (Å²) in [5.74, 6) is -1.11. The fraction of sp³-hybridized carbons (Fsp3) is 0.375. The Kier molecular flexibility index (Phi) is 3.29. The van der Waals surface area contributed by atoms with E-state index < -0.39 is 5.97 Å². The molecule has 0 saturated heterocycles. The molecular weight excluding hydrogens is 240 g/mol. The molecule has 0 aromatic carbocycles. The molecule has 0 aliphatic carbocycles. The van der Waals surface area contributed by atoms with Crippen LogP contribution in [-0.4, -0.2) is 11.1 Å². The van der Waals surface area contributed by atoms with Gasteiger partial charge in [-0.1, -0.05) is 6.92 Å². The van der Waals surface area contributed by atoms with Crippen LogP contribution in [0.15, 0.2) is 15.9 Å². The van der Waals surface area contributed by atoms with Crippen LogP contribution in [0.4, 0.5) is 0 Å². The summed E-state index contributed by atoms with van der Waals surface area (Å²) in [6.07, 6.45) is 0.633. The second-order valence-electron chi connectivity index (χ2n) is 2.43. The van der Waals surface area contributed by atoms with Crippen molar-refractivity contribution in [2.24, 2.45) is 0 Å². The molecule has 1 aromatic heterocycles. The van der Waals surface area contributed by atoms with Gasteiger partial charge in [-0.15, -0.1) is 11.3 Å². The van der Waals surface area contributed by atoms with Crippen molar-refractivity contribution >= 4 is 33.2 Å². The first-order valence-corrected chi connectivity index (χ1v) is 5.29. The zero-order valence-corrected chi connectivity index (χ0v) is 8.98. The highest BCUT2D eigenvalue weighted by molar-refractivity contribution is 9.10. The summed E-state index contributed by atoms with van der Waals surface area (Å²) in [6.45, 7) is 1.88. The van der Waals surface area contributed by atoms with Crippen LogP contribution < -0.4 is 0 Å². The van der Waals surface area contributed by atoms with E-state index in [1.807, 2.05) is 18.4 Å². The topological polar surface area (TPSA) is 37.3 Å². The normalized spacial score (nSPS) is 12.8. The number of carboxylic acids is 1. The van der Waals surface area contributed by atoms with Gasteiger partial charge in [-0.2, -0.15) is 0 Å². The van der Waals surface area contributed by atoms with Crippen LogP contribution >= 0.6 is 27.3 Å². The molecule has 12 heavy (non-hydrogen) atoms. The van der Waals surface area contributed by atoms with Crippen LogP contribution in [-0.2, 0) is 4.79 Å². The molecule has 2 nitrogen and oxygen atoms in total. The van der Waals surface area contributed by atoms with Crippen molar-refractivity contribution in [3.8, 4) is 0 Å². The minimum absolute atomic E-state index is 0.362. The SMILES string of the molecule is CCC(C(=O)O)c1sccc1Br. The van der Waals surface area contributed by atoms with Gasteiger partial charge in [-0.3, -0.25) is 4.79 Å².